The highest BCUT2D eigenvalue weighted by Crippen LogP contribution is 2.37. The lowest BCUT2D eigenvalue weighted by atomic mass is 10.1. The fourth-order valence-corrected chi connectivity index (χ4v) is 2.25. The molecule has 0 amide bonds. The molecule has 0 saturated carbocycles. The summed E-state index contributed by atoms with van der Waals surface area (Å²) in [6, 6.07) is 1.95. The molecule has 0 aliphatic carbocycles. The van der Waals surface area contributed by atoms with E-state index in [0.717, 1.165) is 0 Å². The van der Waals surface area contributed by atoms with Crippen LogP contribution in [-0.4, -0.2) is 33.2 Å². The Morgan fingerprint density at radius 3 is 2.95 bits per heavy atom. The largest absolute Gasteiger partial charge is 0.350 e. The van der Waals surface area contributed by atoms with Crippen molar-refractivity contribution in [1.82, 2.24) is 20.1 Å². The molecule has 1 unspecified atom stereocenters. The van der Waals surface area contributed by atoms with Gasteiger partial charge in [0.05, 0.1) is 6.54 Å². The smallest absolute Gasteiger partial charge is 0.266 e. The van der Waals surface area contributed by atoms with Gasteiger partial charge in [0.1, 0.15) is 6.07 Å². The monoisotopic (exact) mass is 274 g/mol. The van der Waals surface area contributed by atoms with Gasteiger partial charge in [0.25, 0.3) is 5.89 Å². The van der Waals surface area contributed by atoms with Crippen LogP contribution in [0.15, 0.2) is 16.9 Å². The first-order chi connectivity index (χ1) is 9.62. The fourth-order valence-electron chi connectivity index (χ4n) is 2.25. The average molecular weight is 274 g/mol. The second kappa shape index (κ2) is 4.52. The number of nitriles is 1. The molecule has 1 fully saturated rings. The van der Waals surface area contributed by atoms with E-state index >= 15 is 0 Å². The molecule has 8 heteroatoms. The minimum absolute atomic E-state index is 0.0159. The van der Waals surface area contributed by atoms with Crippen molar-refractivity contribution in [2.24, 2.45) is 0 Å². The zero-order valence-corrected chi connectivity index (χ0v) is 10.7. The number of hydrogen-bond acceptors (Lipinski definition) is 7. The van der Waals surface area contributed by atoms with Gasteiger partial charge in [-0.15, -0.1) is 0 Å². The zero-order chi connectivity index (χ0) is 14.2. The molecule has 3 heterocycles. The van der Waals surface area contributed by atoms with Crippen molar-refractivity contribution in [3.8, 4) is 6.07 Å². The molecule has 0 radical (unpaired) electrons. The van der Waals surface area contributed by atoms with E-state index in [0.29, 0.717) is 18.2 Å². The molecule has 1 aliphatic rings. The Morgan fingerprint density at radius 2 is 2.25 bits per heavy atom. The Kier molecular flexibility index (Phi) is 2.82. The van der Waals surface area contributed by atoms with Crippen molar-refractivity contribution >= 4 is 5.82 Å². The summed E-state index contributed by atoms with van der Waals surface area (Å²) in [5.41, 5.74) is -1.54. The van der Waals surface area contributed by atoms with Crippen LogP contribution in [0, 0.1) is 18.3 Å². The van der Waals surface area contributed by atoms with Crippen LogP contribution in [-0.2, 0) is 5.67 Å². The maximum atomic E-state index is 14.9. The van der Waals surface area contributed by atoms with E-state index in [1.165, 1.54) is 12.4 Å². The van der Waals surface area contributed by atoms with Gasteiger partial charge in [-0.25, -0.2) is 14.4 Å². The molecule has 7 nitrogen and oxygen atoms in total. The average Bonchev–Trinajstić information content (AvgIpc) is 3.06. The Hall–Kier alpha value is -2.56. The molecule has 2 aromatic heterocycles. The van der Waals surface area contributed by atoms with E-state index in [4.69, 9.17) is 9.78 Å². The number of hydrogen-bond donors (Lipinski definition) is 0. The molecule has 0 bridgehead atoms. The summed E-state index contributed by atoms with van der Waals surface area (Å²) < 4.78 is 19.8. The summed E-state index contributed by atoms with van der Waals surface area (Å²) in [7, 11) is 0. The summed E-state index contributed by atoms with van der Waals surface area (Å²) >= 11 is 0. The molecule has 20 heavy (non-hydrogen) atoms. The van der Waals surface area contributed by atoms with Crippen LogP contribution in [0.4, 0.5) is 10.2 Å². The lowest BCUT2D eigenvalue weighted by Gasteiger charge is -2.19. The van der Waals surface area contributed by atoms with E-state index in [9.17, 15) is 4.39 Å². The van der Waals surface area contributed by atoms with Crippen LogP contribution in [0.5, 0.6) is 0 Å². The molecular formula is C12H11FN6O. The summed E-state index contributed by atoms with van der Waals surface area (Å²) in [6.45, 7) is 2.06. The zero-order valence-electron chi connectivity index (χ0n) is 10.7. The summed E-state index contributed by atoms with van der Waals surface area (Å²) in [5, 5.41) is 12.6. The summed E-state index contributed by atoms with van der Waals surface area (Å²) in [6.07, 6.45) is 3.11. The molecular weight excluding hydrogens is 263 g/mol. The van der Waals surface area contributed by atoms with E-state index < -0.39 is 5.67 Å². The van der Waals surface area contributed by atoms with Gasteiger partial charge in [0.15, 0.2) is 17.3 Å². The van der Waals surface area contributed by atoms with E-state index in [2.05, 4.69) is 20.1 Å². The molecule has 1 atom stereocenters. The number of aryl methyl sites for hydroxylation is 1. The number of rotatable bonds is 2. The highest BCUT2D eigenvalue weighted by Gasteiger charge is 2.45. The second-order valence-electron chi connectivity index (χ2n) is 4.62. The van der Waals surface area contributed by atoms with Gasteiger partial charge >= 0.3 is 0 Å². The van der Waals surface area contributed by atoms with Crippen LogP contribution < -0.4 is 4.90 Å². The first-order valence-electron chi connectivity index (χ1n) is 6.08. The molecule has 102 valence electrons. The van der Waals surface area contributed by atoms with Gasteiger partial charge in [-0.3, -0.25) is 0 Å². The Morgan fingerprint density at radius 1 is 1.45 bits per heavy atom. The van der Waals surface area contributed by atoms with Crippen molar-refractivity contribution in [3.63, 3.8) is 0 Å². The fraction of sp³-hybridized carbons (Fsp3) is 0.417. The van der Waals surface area contributed by atoms with Gasteiger partial charge < -0.3 is 9.42 Å². The van der Waals surface area contributed by atoms with Crippen LogP contribution in [0.3, 0.4) is 0 Å². The minimum atomic E-state index is -1.72. The molecule has 0 N–H and O–H groups in total. The van der Waals surface area contributed by atoms with E-state index in [-0.39, 0.29) is 24.6 Å². The molecule has 0 aromatic carbocycles. The summed E-state index contributed by atoms with van der Waals surface area (Å²) in [4.78, 5) is 13.7. The van der Waals surface area contributed by atoms with Crippen molar-refractivity contribution in [2.45, 2.75) is 19.0 Å². The highest BCUT2D eigenvalue weighted by molar-refractivity contribution is 5.51. The van der Waals surface area contributed by atoms with Gasteiger partial charge in [0, 0.05) is 25.4 Å². The first-order valence-corrected chi connectivity index (χ1v) is 6.08. The van der Waals surface area contributed by atoms with Crippen molar-refractivity contribution in [1.29, 1.82) is 5.26 Å². The molecule has 1 saturated heterocycles. The topological polar surface area (TPSA) is 91.7 Å². The third-order valence-corrected chi connectivity index (χ3v) is 3.21. The summed E-state index contributed by atoms with van der Waals surface area (Å²) in [5.74, 6) is 0.748. The quantitative estimate of drug-likeness (QED) is 0.810. The lowest BCUT2D eigenvalue weighted by molar-refractivity contribution is 0.136. The normalized spacial score (nSPS) is 21.9. The standard InChI is InChI=1S/C12H11FN6O/c1-8-17-11(20-18-8)12(13)2-5-19(7-12)10-9(6-14)15-3-4-16-10/h3-4H,2,5,7H2,1H3. The third kappa shape index (κ3) is 1.97. The number of halogens is 1. The van der Waals surface area contributed by atoms with Crippen LogP contribution in [0.25, 0.3) is 0 Å². The molecule has 0 spiro atoms. The lowest BCUT2D eigenvalue weighted by Crippen LogP contribution is -2.28. The second-order valence-corrected chi connectivity index (χ2v) is 4.62. The maximum Gasteiger partial charge on any atom is 0.266 e. The number of aromatic nitrogens is 4. The van der Waals surface area contributed by atoms with Gasteiger partial charge in [-0.05, 0) is 6.92 Å². The maximum absolute atomic E-state index is 14.9. The van der Waals surface area contributed by atoms with Gasteiger partial charge in [0.2, 0.25) is 5.67 Å². The van der Waals surface area contributed by atoms with Crippen LogP contribution in [0.2, 0.25) is 0 Å². The van der Waals surface area contributed by atoms with E-state index in [1.807, 2.05) is 6.07 Å². The highest BCUT2D eigenvalue weighted by atomic mass is 19.1. The van der Waals surface area contributed by atoms with E-state index in [1.54, 1.807) is 11.8 Å². The van der Waals surface area contributed by atoms with Crippen molar-refractivity contribution in [2.75, 3.05) is 18.0 Å². The van der Waals surface area contributed by atoms with Gasteiger partial charge in [-0.1, -0.05) is 5.16 Å². The number of anilines is 1. The Balaban J connectivity index is 1.88. The van der Waals surface area contributed by atoms with Crippen molar-refractivity contribution in [3.05, 3.63) is 29.8 Å². The van der Waals surface area contributed by atoms with Crippen molar-refractivity contribution < 1.29 is 8.91 Å². The third-order valence-electron chi connectivity index (χ3n) is 3.21. The van der Waals surface area contributed by atoms with Crippen LogP contribution in [0.1, 0.15) is 23.8 Å². The number of alkyl halides is 1. The Bertz CT molecular complexity index is 681. The SMILES string of the molecule is Cc1noc(C2(F)CCN(c3nccnc3C#N)C2)n1. The molecule has 3 rings (SSSR count). The van der Waals surface area contributed by atoms with Gasteiger partial charge in [-0.2, -0.15) is 10.2 Å². The predicted octanol–water partition coefficient (Wildman–Crippen LogP) is 1.11. The minimum Gasteiger partial charge on any atom is -0.350 e. The molecule has 2 aromatic rings. The predicted molar refractivity (Wildman–Crippen MR) is 65.4 cm³/mol. The number of nitrogens with zero attached hydrogens (tertiary/aromatic N) is 6. The molecule has 1 aliphatic heterocycles. The Labute approximate surface area is 114 Å². The van der Waals surface area contributed by atoms with Crippen LogP contribution >= 0.6 is 0 Å². The first kappa shape index (κ1) is 12.5.